The first-order chi connectivity index (χ1) is 37.6. The summed E-state index contributed by atoms with van der Waals surface area (Å²) >= 11 is 0. The zero-order chi connectivity index (χ0) is 52.0. The number of fused-ring (bicyclic) bond motifs is 8. The van der Waals surface area contributed by atoms with E-state index in [2.05, 4.69) is 271 Å². The van der Waals surface area contributed by atoms with Crippen molar-refractivity contribution in [2.75, 3.05) is 0 Å². The maximum absolute atomic E-state index is 2.57. The van der Waals surface area contributed by atoms with Gasteiger partial charge in [0, 0.05) is 11.3 Å². The molecule has 0 nitrogen and oxygen atoms in total. The summed E-state index contributed by atoms with van der Waals surface area (Å²) in [6, 6.07) is 81.0. The average molecular weight is 989 g/mol. The van der Waals surface area contributed by atoms with Crippen molar-refractivity contribution in [3.05, 3.63) is 287 Å². The standard InChI is InChI=1S/C77H64/c1-76(2,3)60-25-18-22-54(44-60)59-46-69(52-35-33-49(34-36-52)55-41-42-63-62-27-15-16-32-71(62)77(4,5)72(63)48-55)73(53-20-7-6-8-21-53)70(47-59)56-23-17-24-57(43-56)74-64-28-11-13-30-66(64)75(67-31-14-12-29-65(67)74)58-40-39-51-38-37-50-19-9-10-26-61(50)68(51)45-58/h6-36,39-43,45-46,48,60,70H,37-38,44,47H2,1-5H3. The van der Waals surface area contributed by atoms with Crippen LogP contribution >= 0.6 is 0 Å². The molecule has 0 saturated heterocycles. The first-order valence-corrected chi connectivity index (χ1v) is 28.1. The summed E-state index contributed by atoms with van der Waals surface area (Å²) in [5, 5.41) is 5.13. The van der Waals surface area contributed by atoms with Gasteiger partial charge in [0.25, 0.3) is 0 Å². The SMILES string of the molecule is CC1(C)c2ccccc2-c2ccc(-c3ccc(C4=C(c5ccccc5)C(c5cccc(-c6c7ccccc7c(-c7ccc8c(c7)-c7ccccc7CC8)c7ccccc67)c5)CC(C5=CC=CC(C(C)(C)C)C5)=C4)cc3)cc21. The molecular weight excluding hydrogens is 925 g/mol. The summed E-state index contributed by atoms with van der Waals surface area (Å²) < 4.78 is 0. The number of hydrogen-bond donors (Lipinski definition) is 0. The topological polar surface area (TPSA) is 0 Å². The Morgan fingerprint density at radius 2 is 0.987 bits per heavy atom. The Morgan fingerprint density at radius 1 is 0.416 bits per heavy atom. The van der Waals surface area contributed by atoms with Gasteiger partial charge in [-0.25, -0.2) is 0 Å². The van der Waals surface area contributed by atoms with Crippen LogP contribution in [0.3, 0.4) is 0 Å². The van der Waals surface area contributed by atoms with Crippen molar-refractivity contribution in [3.8, 4) is 55.6 Å². The minimum absolute atomic E-state index is 0.0543. The molecule has 2 unspecified atom stereocenters. The van der Waals surface area contributed by atoms with Crippen LogP contribution in [0.15, 0.2) is 248 Å². The summed E-state index contributed by atoms with van der Waals surface area (Å²) in [4.78, 5) is 0. The van der Waals surface area contributed by atoms with Crippen LogP contribution in [0.2, 0.25) is 0 Å². The molecular formula is C77H64. The van der Waals surface area contributed by atoms with Gasteiger partial charge in [-0.15, -0.1) is 0 Å². The van der Waals surface area contributed by atoms with E-state index in [9.17, 15) is 0 Å². The lowest BCUT2D eigenvalue weighted by Crippen LogP contribution is -2.21. The van der Waals surface area contributed by atoms with Gasteiger partial charge in [0.2, 0.25) is 0 Å². The van der Waals surface area contributed by atoms with Crippen LogP contribution < -0.4 is 0 Å². The number of rotatable bonds is 7. The van der Waals surface area contributed by atoms with Crippen molar-refractivity contribution in [2.45, 2.75) is 71.6 Å². The molecule has 2 atom stereocenters. The van der Waals surface area contributed by atoms with E-state index < -0.39 is 0 Å². The normalized spacial score (nSPS) is 17.4. The summed E-state index contributed by atoms with van der Waals surface area (Å²) in [5.74, 6) is 0.557. The molecule has 0 bridgehead atoms. The summed E-state index contributed by atoms with van der Waals surface area (Å²) in [5.41, 5.74) is 28.3. The molecule has 0 radical (unpaired) electrons. The molecule has 372 valence electrons. The first kappa shape index (κ1) is 47.2. The Bertz CT molecular complexity index is 4080. The van der Waals surface area contributed by atoms with E-state index in [1.54, 1.807) is 0 Å². The van der Waals surface area contributed by atoms with E-state index in [1.165, 1.54) is 138 Å². The fraction of sp³-hybridized carbons (Fsp3) is 0.169. The third kappa shape index (κ3) is 8.03. The number of allylic oxidation sites excluding steroid dienone is 8. The molecule has 10 aromatic rings. The fourth-order valence-electron chi connectivity index (χ4n) is 13.9. The monoisotopic (exact) mass is 989 g/mol. The van der Waals surface area contributed by atoms with Gasteiger partial charge < -0.3 is 0 Å². The van der Waals surface area contributed by atoms with Crippen LogP contribution in [-0.4, -0.2) is 0 Å². The van der Waals surface area contributed by atoms with Crippen molar-refractivity contribution >= 4 is 32.7 Å². The highest BCUT2D eigenvalue weighted by molar-refractivity contribution is 6.21. The van der Waals surface area contributed by atoms with Crippen LogP contribution in [0.25, 0.3) is 88.3 Å². The minimum Gasteiger partial charge on any atom is -0.0806 e. The van der Waals surface area contributed by atoms with Crippen molar-refractivity contribution in [1.82, 2.24) is 0 Å². The van der Waals surface area contributed by atoms with Gasteiger partial charge in [-0.2, -0.15) is 0 Å². The molecule has 77 heavy (non-hydrogen) atoms. The predicted octanol–water partition coefficient (Wildman–Crippen LogP) is 20.6. The maximum atomic E-state index is 2.57. The molecule has 0 saturated carbocycles. The summed E-state index contributed by atoms with van der Waals surface area (Å²) in [7, 11) is 0. The number of aryl methyl sites for hydroxylation is 2. The third-order valence-corrected chi connectivity index (χ3v) is 18.1. The Labute approximate surface area is 455 Å². The quantitative estimate of drug-likeness (QED) is 0.140. The van der Waals surface area contributed by atoms with Crippen LogP contribution in [0, 0.1) is 11.3 Å². The van der Waals surface area contributed by atoms with Crippen LogP contribution in [0.1, 0.15) is 92.3 Å². The highest BCUT2D eigenvalue weighted by Gasteiger charge is 2.36. The largest absolute Gasteiger partial charge is 0.0806 e. The van der Waals surface area contributed by atoms with Crippen LogP contribution in [-0.2, 0) is 18.3 Å². The maximum Gasteiger partial charge on any atom is 0.0159 e. The average Bonchev–Trinajstić information content (AvgIpc) is 3.75. The second-order valence-corrected chi connectivity index (χ2v) is 23.9. The van der Waals surface area contributed by atoms with Gasteiger partial charge >= 0.3 is 0 Å². The Hall–Kier alpha value is -8.32. The molecule has 14 rings (SSSR count). The van der Waals surface area contributed by atoms with Crippen molar-refractivity contribution in [1.29, 1.82) is 0 Å². The van der Waals surface area contributed by atoms with Crippen LogP contribution in [0.4, 0.5) is 0 Å². The molecule has 0 aliphatic heterocycles. The van der Waals surface area contributed by atoms with Gasteiger partial charge in [-0.05, 0) is 188 Å². The lowest BCUT2D eigenvalue weighted by Gasteiger charge is -2.35. The first-order valence-electron chi connectivity index (χ1n) is 28.1. The van der Waals surface area contributed by atoms with Gasteiger partial charge in [0.05, 0.1) is 0 Å². The van der Waals surface area contributed by atoms with Gasteiger partial charge in [0.15, 0.2) is 0 Å². The lowest BCUT2D eigenvalue weighted by atomic mass is 9.69. The molecule has 0 aromatic heterocycles. The number of benzene rings is 10. The van der Waals surface area contributed by atoms with Gasteiger partial charge in [-0.1, -0.05) is 259 Å². The number of hydrogen-bond acceptors (Lipinski definition) is 0. The zero-order valence-electron chi connectivity index (χ0n) is 45.0. The van der Waals surface area contributed by atoms with E-state index >= 15 is 0 Å². The summed E-state index contributed by atoms with van der Waals surface area (Å²) in [6.07, 6.45) is 13.9. The molecule has 4 aliphatic rings. The van der Waals surface area contributed by atoms with Crippen molar-refractivity contribution in [2.24, 2.45) is 11.3 Å². The van der Waals surface area contributed by atoms with Gasteiger partial charge in [-0.3, -0.25) is 0 Å². The Kier molecular flexibility index (Phi) is 11.3. The molecule has 4 aliphatic carbocycles. The van der Waals surface area contributed by atoms with Crippen molar-refractivity contribution in [3.63, 3.8) is 0 Å². The van der Waals surface area contributed by atoms with Gasteiger partial charge in [0.1, 0.15) is 0 Å². The second kappa shape index (κ2) is 18.5. The minimum atomic E-state index is -0.0543. The molecule has 0 N–H and O–H groups in total. The van der Waals surface area contributed by atoms with E-state index in [0.717, 1.165) is 25.7 Å². The third-order valence-electron chi connectivity index (χ3n) is 18.1. The Morgan fingerprint density at radius 3 is 1.70 bits per heavy atom. The predicted molar refractivity (Wildman–Crippen MR) is 328 cm³/mol. The molecule has 0 heterocycles. The molecule has 10 aromatic carbocycles. The zero-order valence-corrected chi connectivity index (χ0v) is 45.0. The lowest BCUT2D eigenvalue weighted by molar-refractivity contribution is 0.290. The van der Waals surface area contributed by atoms with E-state index in [-0.39, 0.29) is 16.7 Å². The van der Waals surface area contributed by atoms with Crippen LogP contribution in [0.5, 0.6) is 0 Å². The van der Waals surface area contributed by atoms with Crippen molar-refractivity contribution < 1.29 is 0 Å². The highest BCUT2D eigenvalue weighted by Crippen LogP contribution is 2.53. The van der Waals surface area contributed by atoms with E-state index in [4.69, 9.17) is 0 Å². The fourth-order valence-corrected chi connectivity index (χ4v) is 13.9. The molecule has 0 spiro atoms. The Balaban J connectivity index is 0.921. The summed E-state index contributed by atoms with van der Waals surface area (Å²) in [6.45, 7) is 11.9. The highest BCUT2D eigenvalue weighted by atomic mass is 14.4. The van der Waals surface area contributed by atoms with E-state index in [1.807, 2.05) is 0 Å². The molecule has 0 amide bonds. The second-order valence-electron chi connectivity index (χ2n) is 23.9. The molecule has 0 heteroatoms. The molecule has 0 fully saturated rings. The smallest absolute Gasteiger partial charge is 0.0159 e. The van der Waals surface area contributed by atoms with E-state index in [0.29, 0.717) is 5.92 Å².